The second-order valence-electron chi connectivity index (χ2n) is 4.91. The van der Waals surface area contributed by atoms with Gasteiger partial charge in [0, 0.05) is 18.2 Å². The number of nitrogens with one attached hydrogen (secondary N) is 1. The maximum Gasteiger partial charge on any atom is 0.184 e. The first-order valence-corrected chi connectivity index (χ1v) is 7.47. The average molecular weight is 287 g/mol. The maximum atomic E-state index is 5.78. The highest BCUT2D eigenvalue weighted by Crippen LogP contribution is 2.28. The first-order chi connectivity index (χ1) is 9.70. The Kier molecular flexibility index (Phi) is 3.60. The summed E-state index contributed by atoms with van der Waals surface area (Å²) < 4.78 is 6.46. The summed E-state index contributed by atoms with van der Waals surface area (Å²) in [6, 6.07) is 10.1. The lowest BCUT2D eigenvalue weighted by Gasteiger charge is -2.11. The van der Waals surface area contributed by atoms with Crippen molar-refractivity contribution in [3.05, 3.63) is 42.4 Å². The van der Waals surface area contributed by atoms with E-state index in [1.54, 1.807) is 17.6 Å². The van der Waals surface area contributed by atoms with Gasteiger partial charge in [0.1, 0.15) is 5.76 Å². The van der Waals surface area contributed by atoms with Crippen molar-refractivity contribution in [2.45, 2.75) is 25.8 Å². The van der Waals surface area contributed by atoms with Gasteiger partial charge in [-0.05, 0) is 43.7 Å². The van der Waals surface area contributed by atoms with E-state index in [9.17, 15) is 0 Å². The first-order valence-electron chi connectivity index (χ1n) is 6.66. The topological polar surface area (TPSA) is 64.1 Å². The van der Waals surface area contributed by atoms with E-state index in [-0.39, 0.29) is 0 Å². The first kappa shape index (κ1) is 13.0. The Morgan fingerprint density at radius 3 is 3.10 bits per heavy atom. The van der Waals surface area contributed by atoms with Crippen LogP contribution in [0.3, 0.4) is 0 Å². The van der Waals surface area contributed by atoms with Gasteiger partial charge in [-0.1, -0.05) is 11.3 Å². The number of fused-ring (bicyclic) bond motifs is 1. The molecular formula is C15H17N3OS. The number of nitrogens with zero attached hydrogens (tertiary/aromatic N) is 1. The van der Waals surface area contributed by atoms with Crippen molar-refractivity contribution < 1.29 is 4.42 Å². The summed E-state index contributed by atoms with van der Waals surface area (Å²) in [7, 11) is 0. The Balaban J connectivity index is 1.63. The molecule has 1 aromatic carbocycles. The van der Waals surface area contributed by atoms with Crippen LogP contribution in [0.2, 0.25) is 0 Å². The molecule has 1 atom stereocenters. The summed E-state index contributed by atoms with van der Waals surface area (Å²) in [6.45, 7) is 2.16. The predicted octanol–water partition coefficient (Wildman–Crippen LogP) is 3.90. The quantitative estimate of drug-likeness (QED) is 0.698. The third-order valence-electron chi connectivity index (χ3n) is 3.19. The van der Waals surface area contributed by atoms with Crippen LogP contribution >= 0.6 is 11.3 Å². The molecule has 3 aromatic rings. The van der Waals surface area contributed by atoms with Gasteiger partial charge in [0.05, 0.1) is 16.5 Å². The van der Waals surface area contributed by atoms with Crippen molar-refractivity contribution in [3.8, 4) is 0 Å². The molecule has 0 spiro atoms. The Hall–Kier alpha value is -2.01. The van der Waals surface area contributed by atoms with E-state index >= 15 is 0 Å². The minimum Gasteiger partial charge on any atom is -0.469 e. The summed E-state index contributed by atoms with van der Waals surface area (Å²) in [5.74, 6) is 1.02. The molecule has 0 fully saturated rings. The van der Waals surface area contributed by atoms with Crippen LogP contribution < -0.4 is 11.1 Å². The summed E-state index contributed by atoms with van der Waals surface area (Å²) in [5, 5.41) is 4.38. The Morgan fingerprint density at radius 2 is 2.30 bits per heavy atom. The van der Waals surface area contributed by atoms with E-state index in [0.29, 0.717) is 6.04 Å². The zero-order valence-corrected chi connectivity index (χ0v) is 12.1. The summed E-state index contributed by atoms with van der Waals surface area (Å²) in [6.07, 6.45) is 3.65. The summed E-state index contributed by atoms with van der Waals surface area (Å²) in [4.78, 5) is 4.57. The molecule has 0 aliphatic heterocycles. The molecule has 0 amide bonds. The number of benzene rings is 1. The molecule has 1 unspecified atom stereocenters. The lowest BCUT2D eigenvalue weighted by Crippen LogP contribution is -2.15. The number of aryl methyl sites for hydroxylation is 1. The molecule has 20 heavy (non-hydrogen) atoms. The number of hydrogen-bond acceptors (Lipinski definition) is 5. The van der Waals surface area contributed by atoms with Crippen LogP contribution in [0.1, 0.15) is 19.1 Å². The van der Waals surface area contributed by atoms with Crippen molar-refractivity contribution in [3.63, 3.8) is 0 Å². The third-order valence-corrected chi connectivity index (χ3v) is 4.14. The molecule has 0 bridgehead atoms. The smallest absolute Gasteiger partial charge is 0.184 e. The second-order valence-corrected chi connectivity index (χ2v) is 5.94. The van der Waals surface area contributed by atoms with Crippen LogP contribution in [0.4, 0.5) is 10.8 Å². The Labute approximate surface area is 121 Å². The molecule has 0 aliphatic rings. The van der Waals surface area contributed by atoms with Gasteiger partial charge in [-0.3, -0.25) is 0 Å². The van der Waals surface area contributed by atoms with Crippen LogP contribution in [0.25, 0.3) is 10.2 Å². The van der Waals surface area contributed by atoms with Crippen LogP contribution in [0, 0.1) is 0 Å². The number of thiazole rings is 1. The monoisotopic (exact) mass is 287 g/mol. The van der Waals surface area contributed by atoms with Gasteiger partial charge in [0.25, 0.3) is 0 Å². The minimum absolute atomic E-state index is 0.345. The Bertz CT molecular complexity index is 690. The largest absolute Gasteiger partial charge is 0.469 e. The van der Waals surface area contributed by atoms with E-state index in [2.05, 4.69) is 17.2 Å². The molecule has 3 N–H and O–H groups in total. The molecule has 0 aliphatic carbocycles. The van der Waals surface area contributed by atoms with Crippen LogP contribution in [-0.2, 0) is 6.42 Å². The number of aromatic nitrogens is 1. The lowest BCUT2D eigenvalue weighted by molar-refractivity contribution is 0.495. The highest BCUT2D eigenvalue weighted by Gasteiger charge is 2.08. The molecule has 0 radical (unpaired) electrons. The van der Waals surface area contributed by atoms with Gasteiger partial charge in [-0.15, -0.1) is 0 Å². The maximum absolute atomic E-state index is 5.78. The van der Waals surface area contributed by atoms with Crippen LogP contribution in [0.15, 0.2) is 41.0 Å². The fourth-order valence-corrected chi connectivity index (χ4v) is 3.13. The molecule has 3 rings (SSSR count). The van der Waals surface area contributed by atoms with Gasteiger partial charge in [0.2, 0.25) is 0 Å². The van der Waals surface area contributed by atoms with Crippen molar-refractivity contribution >= 4 is 32.4 Å². The van der Waals surface area contributed by atoms with Crippen molar-refractivity contribution in [1.82, 2.24) is 4.98 Å². The number of furan rings is 1. The third kappa shape index (κ3) is 2.93. The fourth-order valence-electron chi connectivity index (χ4n) is 2.10. The normalized spacial score (nSPS) is 12.7. The highest BCUT2D eigenvalue weighted by molar-refractivity contribution is 7.22. The predicted molar refractivity (Wildman–Crippen MR) is 84.1 cm³/mol. The second kappa shape index (κ2) is 5.54. The van der Waals surface area contributed by atoms with Crippen LogP contribution in [-0.4, -0.2) is 11.0 Å². The fraction of sp³-hybridized carbons (Fsp3) is 0.267. The molecule has 2 heterocycles. The van der Waals surface area contributed by atoms with Crippen molar-refractivity contribution in [1.29, 1.82) is 0 Å². The number of hydrogen-bond donors (Lipinski definition) is 2. The van der Waals surface area contributed by atoms with E-state index in [1.165, 1.54) is 0 Å². The average Bonchev–Trinajstić information content (AvgIpc) is 3.04. The zero-order chi connectivity index (χ0) is 13.9. The molecule has 104 valence electrons. The van der Waals surface area contributed by atoms with Crippen molar-refractivity contribution in [2.75, 3.05) is 11.1 Å². The summed E-state index contributed by atoms with van der Waals surface area (Å²) in [5.41, 5.74) is 7.55. The van der Waals surface area contributed by atoms with Crippen LogP contribution in [0.5, 0.6) is 0 Å². The van der Waals surface area contributed by atoms with Gasteiger partial charge in [-0.25, -0.2) is 4.98 Å². The lowest BCUT2D eigenvalue weighted by atomic mass is 10.1. The van der Waals surface area contributed by atoms with Gasteiger partial charge in [0.15, 0.2) is 5.13 Å². The molecule has 0 saturated carbocycles. The highest BCUT2D eigenvalue weighted by atomic mass is 32.1. The number of nitrogens with two attached hydrogens (primary N) is 1. The minimum atomic E-state index is 0.345. The number of rotatable bonds is 5. The number of anilines is 2. The molecule has 5 heteroatoms. The zero-order valence-electron chi connectivity index (χ0n) is 11.3. The standard InChI is InChI=1S/C15H17N3OS/c1-10(4-6-12-3-2-8-19-12)17-15-18-13-7-5-11(16)9-14(13)20-15/h2-3,5,7-10H,4,6,16H2,1H3,(H,17,18). The van der Waals surface area contributed by atoms with Gasteiger partial charge in [-0.2, -0.15) is 0 Å². The van der Waals surface area contributed by atoms with E-state index in [0.717, 1.165) is 39.6 Å². The van der Waals surface area contributed by atoms with Crippen molar-refractivity contribution in [2.24, 2.45) is 0 Å². The molecule has 4 nitrogen and oxygen atoms in total. The van der Waals surface area contributed by atoms with E-state index in [4.69, 9.17) is 10.2 Å². The van der Waals surface area contributed by atoms with E-state index in [1.807, 2.05) is 30.3 Å². The summed E-state index contributed by atoms with van der Waals surface area (Å²) >= 11 is 1.64. The van der Waals surface area contributed by atoms with Gasteiger partial charge >= 0.3 is 0 Å². The molecule has 0 saturated heterocycles. The van der Waals surface area contributed by atoms with Gasteiger partial charge < -0.3 is 15.5 Å². The Morgan fingerprint density at radius 1 is 1.40 bits per heavy atom. The SMILES string of the molecule is CC(CCc1ccco1)Nc1nc2ccc(N)cc2s1. The molecular weight excluding hydrogens is 270 g/mol. The number of nitrogen functional groups attached to an aromatic ring is 1. The molecule has 2 aromatic heterocycles. The van der Waals surface area contributed by atoms with E-state index < -0.39 is 0 Å².